The molecular weight excluding hydrogens is 424 g/mol. The Bertz CT molecular complexity index is 1130. The first-order valence-corrected chi connectivity index (χ1v) is 12.9. The molecular formula is C28H40N4O2. The Hall–Kier alpha value is -2.60. The van der Waals surface area contributed by atoms with Gasteiger partial charge in [-0.2, -0.15) is 5.10 Å². The van der Waals surface area contributed by atoms with Crippen LogP contribution in [0, 0.1) is 11.3 Å². The van der Waals surface area contributed by atoms with E-state index in [4.69, 9.17) is 0 Å². The quantitative estimate of drug-likeness (QED) is 0.321. The number of benzene rings is 1. The van der Waals surface area contributed by atoms with Crippen LogP contribution in [-0.4, -0.2) is 39.3 Å². The van der Waals surface area contributed by atoms with E-state index in [1.807, 2.05) is 12.1 Å². The highest BCUT2D eigenvalue weighted by molar-refractivity contribution is 5.96. The maximum absolute atomic E-state index is 13.1. The Morgan fingerprint density at radius 3 is 2.85 bits per heavy atom. The van der Waals surface area contributed by atoms with Gasteiger partial charge in [-0.1, -0.05) is 59.4 Å². The number of nitrogens with zero attached hydrogens (tertiary/aromatic N) is 2. The number of aromatic amines is 2. The van der Waals surface area contributed by atoms with E-state index in [2.05, 4.69) is 55.0 Å². The van der Waals surface area contributed by atoms with Gasteiger partial charge in [-0.3, -0.25) is 9.89 Å². The van der Waals surface area contributed by atoms with Gasteiger partial charge in [0, 0.05) is 40.8 Å². The average molecular weight is 465 g/mol. The number of carbonyl (C=O) groups excluding carboxylic acids is 1. The number of unbranched alkanes of at least 4 members (excludes halogenated alkanes) is 2. The Balaban J connectivity index is 1.55. The monoisotopic (exact) mass is 464 g/mol. The Kier molecular flexibility index (Phi) is 7.46. The van der Waals surface area contributed by atoms with Crippen molar-refractivity contribution in [1.29, 1.82) is 0 Å². The predicted octanol–water partition coefficient (Wildman–Crippen LogP) is 6.00. The molecule has 0 aliphatic heterocycles. The minimum atomic E-state index is -0.0558. The van der Waals surface area contributed by atoms with Crippen LogP contribution in [0.4, 0.5) is 5.69 Å². The maximum atomic E-state index is 13.1. The zero-order chi connectivity index (χ0) is 24.3. The van der Waals surface area contributed by atoms with Crippen LogP contribution in [0.25, 0.3) is 22.3 Å². The fourth-order valence-corrected chi connectivity index (χ4v) is 5.23. The van der Waals surface area contributed by atoms with Gasteiger partial charge in [0.2, 0.25) is 5.91 Å². The molecule has 3 aromatic rings. The smallest absolute Gasteiger partial charge is 0.227 e. The molecule has 1 aliphatic carbocycles. The van der Waals surface area contributed by atoms with Crippen molar-refractivity contribution in [1.82, 2.24) is 15.2 Å². The normalized spacial score (nSPS) is 15.9. The van der Waals surface area contributed by atoms with Crippen LogP contribution in [0.1, 0.15) is 77.5 Å². The number of rotatable bonds is 10. The summed E-state index contributed by atoms with van der Waals surface area (Å²) in [7, 11) is 0. The van der Waals surface area contributed by atoms with Crippen molar-refractivity contribution in [3.8, 4) is 11.4 Å². The predicted molar refractivity (Wildman–Crippen MR) is 139 cm³/mol. The molecule has 4 rings (SSSR count). The Morgan fingerprint density at radius 1 is 1.26 bits per heavy atom. The lowest BCUT2D eigenvalue weighted by molar-refractivity contribution is -0.119. The summed E-state index contributed by atoms with van der Waals surface area (Å²) < 4.78 is 0. The Morgan fingerprint density at radius 2 is 2.09 bits per heavy atom. The third-order valence-corrected chi connectivity index (χ3v) is 7.28. The molecule has 1 atom stereocenters. The van der Waals surface area contributed by atoms with E-state index in [-0.39, 0.29) is 12.5 Å². The fraction of sp³-hybridized carbons (Fsp3) is 0.571. The number of hydrogen-bond acceptors (Lipinski definition) is 3. The molecule has 0 saturated heterocycles. The molecule has 1 aliphatic rings. The zero-order valence-corrected chi connectivity index (χ0v) is 21.2. The lowest BCUT2D eigenvalue weighted by Crippen LogP contribution is -2.34. The number of carbonyl (C=O) groups is 1. The van der Waals surface area contributed by atoms with Gasteiger partial charge in [-0.15, -0.1) is 0 Å². The van der Waals surface area contributed by atoms with Crippen LogP contribution in [0.3, 0.4) is 0 Å². The lowest BCUT2D eigenvalue weighted by Gasteiger charge is -2.28. The van der Waals surface area contributed by atoms with Crippen molar-refractivity contribution in [2.45, 2.75) is 79.1 Å². The standard InChI is InChI=1S/C28H40N4O2/c1-5-6-7-8-19(2)15-26(34)32(13-14-33)21-10-9-20-16-24(29-23(20)17-21)27-22-11-12-28(3,4)18-25(22)30-31-27/h9-10,16-17,19,29,33H,5-8,11-15,18H2,1-4H3,(H,30,31). The van der Waals surface area contributed by atoms with Crippen LogP contribution < -0.4 is 4.90 Å². The highest BCUT2D eigenvalue weighted by Crippen LogP contribution is 2.38. The van der Waals surface area contributed by atoms with Crippen LogP contribution in [0.2, 0.25) is 0 Å². The number of aliphatic hydroxyl groups excluding tert-OH is 1. The Labute approximate surface area is 203 Å². The van der Waals surface area contributed by atoms with Gasteiger partial charge >= 0.3 is 0 Å². The molecule has 1 aromatic carbocycles. The van der Waals surface area contributed by atoms with Crippen LogP contribution in [-0.2, 0) is 17.6 Å². The van der Waals surface area contributed by atoms with Crippen molar-refractivity contribution >= 4 is 22.5 Å². The first kappa shape index (κ1) is 24.5. The molecule has 34 heavy (non-hydrogen) atoms. The molecule has 1 unspecified atom stereocenters. The van der Waals surface area contributed by atoms with Gasteiger partial charge in [0.15, 0.2) is 0 Å². The van der Waals surface area contributed by atoms with E-state index in [1.165, 1.54) is 24.1 Å². The molecule has 0 bridgehead atoms. The topological polar surface area (TPSA) is 85.0 Å². The van der Waals surface area contributed by atoms with Crippen LogP contribution in [0.15, 0.2) is 24.3 Å². The third-order valence-electron chi connectivity index (χ3n) is 7.28. The SMILES string of the molecule is CCCCCC(C)CC(=O)N(CCO)c1ccc2cc(-c3n[nH]c4c3CCC(C)(C)C4)[nH]c2c1. The van der Waals surface area contributed by atoms with Crippen molar-refractivity contribution in [2.24, 2.45) is 11.3 Å². The van der Waals surface area contributed by atoms with E-state index in [1.54, 1.807) is 4.90 Å². The molecule has 0 radical (unpaired) electrons. The largest absolute Gasteiger partial charge is 0.395 e. The first-order chi connectivity index (χ1) is 16.3. The number of nitrogens with one attached hydrogen (secondary N) is 2. The molecule has 184 valence electrons. The van der Waals surface area contributed by atoms with Gasteiger partial charge in [0.1, 0.15) is 5.69 Å². The number of hydrogen-bond donors (Lipinski definition) is 3. The highest BCUT2D eigenvalue weighted by atomic mass is 16.3. The van der Waals surface area contributed by atoms with Gasteiger partial charge < -0.3 is 15.0 Å². The van der Waals surface area contributed by atoms with Gasteiger partial charge in [0.25, 0.3) is 0 Å². The second-order valence-electron chi connectivity index (χ2n) is 10.9. The molecule has 0 saturated carbocycles. The summed E-state index contributed by atoms with van der Waals surface area (Å²) in [5.74, 6) is 0.421. The molecule has 6 heteroatoms. The number of amides is 1. The van der Waals surface area contributed by atoms with Crippen LogP contribution in [0.5, 0.6) is 0 Å². The van der Waals surface area contributed by atoms with E-state index >= 15 is 0 Å². The fourth-order valence-electron chi connectivity index (χ4n) is 5.23. The molecule has 3 N–H and O–H groups in total. The van der Waals surface area contributed by atoms with E-state index in [0.29, 0.717) is 24.3 Å². The van der Waals surface area contributed by atoms with E-state index in [0.717, 1.165) is 60.1 Å². The second kappa shape index (κ2) is 10.3. The third kappa shape index (κ3) is 5.38. The first-order valence-electron chi connectivity index (χ1n) is 12.9. The number of anilines is 1. The molecule has 1 amide bonds. The van der Waals surface area contributed by atoms with E-state index in [9.17, 15) is 9.90 Å². The number of aliphatic hydroxyl groups is 1. The van der Waals surface area contributed by atoms with E-state index < -0.39 is 0 Å². The molecule has 2 aromatic heterocycles. The summed E-state index contributed by atoms with van der Waals surface area (Å²) in [5.41, 5.74) is 6.70. The summed E-state index contributed by atoms with van der Waals surface area (Å²) in [6, 6.07) is 8.20. The molecule has 0 spiro atoms. The zero-order valence-electron chi connectivity index (χ0n) is 21.2. The van der Waals surface area contributed by atoms with Crippen molar-refractivity contribution in [3.63, 3.8) is 0 Å². The maximum Gasteiger partial charge on any atom is 0.227 e. The summed E-state index contributed by atoms with van der Waals surface area (Å²) in [5, 5.41) is 18.7. The lowest BCUT2D eigenvalue weighted by atomic mass is 9.76. The summed E-state index contributed by atoms with van der Waals surface area (Å²) >= 11 is 0. The van der Waals surface area contributed by atoms with Crippen molar-refractivity contribution in [3.05, 3.63) is 35.5 Å². The summed E-state index contributed by atoms with van der Waals surface area (Å²) in [6.07, 6.45) is 8.35. The van der Waals surface area contributed by atoms with Gasteiger partial charge in [0.05, 0.1) is 12.3 Å². The van der Waals surface area contributed by atoms with Crippen molar-refractivity contribution in [2.75, 3.05) is 18.1 Å². The number of H-pyrrole nitrogens is 2. The second-order valence-corrected chi connectivity index (χ2v) is 10.9. The van der Waals surface area contributed by atoms with Crippen molar-refractivity contribution < 1.29 is 9.90 Å². The molecule has 0 fully saturated rings. The average Bonchev–Trinajstić information content (AvgIpc) is 3.39. The van der Waals surface area contributed by atoms with Crippen LogP contribution >= 0.6 is 0 Å². The van der Waals surface area contributed by atoms with Gasteiger partial charge in [-0.25, -0.2) is 0 Å². The minimum Gasteiger partial charge on any atom is -0.395 e. The summed E-state index contributed by atoms with van der Waals surface area (Å²) in [6.45, 7) is 9.22. The highest BCUT2D eigenvalue weighted by Gasteiger charge is 2.29. The number of aromatic nitrogens is 3. The number of fused-ring (bicyclic) bond motifs is 2. The molecule has 2 heterocycles. The minimum absolute atomic E-state index is 0.0558. The summed E-state index contributed by atoms with van der Waals surface area (Å²) in [4.78, 5) is 18.4. The molecule has 6 nitrogen and oxygen atoms in total. The van der Waals surface area contributed by atoms with Gasteiger partial charge in [-0.05, 0) is 48.8 Å².